The van der Waals surface area contributed by atoms with Gasteiger partial charge in [0.15, 0.2) is 0 Å². The van der Waals surface area contributed by atoms with Gasteiger partial charge in [0.05, 0.1) is 37.2 Å². The maximum Gasteiger partial charge on any atom is 0.207 e. The molecule has 1 unspecified atom stereocenters. The molecule has 1 aromatic heterocycles. The molecule has 1 amide bonds. The largest absolute Gasteiger partial charge is 0.487 e. The van der Waals surface area contributed by atoms with Gasteiger partial charge in [-0.05, 0) is 24.6 Å². The van der Waals surface area contributed by atoms with Gasteiger partial charge >= 0.3 is 0 Å². The van der Waals surface area contributed by atoms with Crippen molar-refractivity contribution < 1.29 is 10.9 Å². The molecule has 2 heterocycles. The first-order valence-corrected chi connectivity index (χ1v) is 7.15. The molecular weight excluding hydrogens is 280 g/mol. The number of carbonyl (C=O) groups is 1. The molecule has 1 fully saturated rings. The van der Waals surface area contributed by atoms with Gasteiger partial charge in [-0.15, -0.1) is 0 Å². The fourth-order valence-electron chi connectivity index (χ4n) is 2.38. The van der Waals surface area contributed by atoms with Crippen LogP contribution in [0.15, 0.2) is 43.0 Å². The molecule has 1 aromatic carbocycles. The van der Waals surface area contributed by atoms with Gasteiger partial charge < -0.3 is 15.0 Å². The zero-order valence-electron chi connectivity index (χ0n) is 13.3. The van der Waals surface area contributed by atoms with E-state index in [4.69, 9.17) is 6.11 Å². The second kappa shape index (κ2) is 6.43. The number of nitrogens with zero attached hydrogens (tertiary/aromatic N) is 3. The summed E-state index contributed by atoms with van der Waals surface area (Å²) in [5.74, 6) is 0.798. The van der Waals surface area contributed by atoms with Crippen molar-refractivity contribution in [2.75, 3.05) is 18.0 Å². The van der Waals surface area contributed by atoms with Crippen LogP contribution in [0.25, 0.3) is 0 Å². The Morgan fingerprint density at radius 1 is 1.36 bits per heavy atom. The minimum Gasteiger partial charge on any atom is -0.487 e. The first-order valence-electron chi connectivity index (χ1n) is 7.65. The van der Waals surface area contributed by atoms with E-state index in [1.54, 1.807) is 12.4 Å². The summed E-state index contributed by atoms with van der Waals surface area (Å²) >= 11 is 0. The predicted molar refractivity (Wildman–Crippen MR) is 82.7 cm³/mol. The SMILES string of the molecule is [3H]C(=O)NC(C)c1ccc(OC2CN(c3cncnc3)C2)cc1. The summed E-state index contributed by atoms with van der Waals surface area (Å²) in [6.45, 7) is 3.45. The molecule has 1 aliphatic rings. The zero-order chi connectivity index (χ0) is 16.2. The van der Waals surface area contributed by atoms with E-state index in [9.17, 15) is 4.79 Å². The van der Waals surface area contributed by atoms with E-state index in [1.807, 2.05) is 31.2 Å². The number of aromatic nitrogens is 2. The average molecular weight is 300 g/mol. The molecule has 1 atom stereocenters. The fraction of sp³-hybridized carbons (Fsp3) is 0.312. The van der Waals surface area contributed by atoms with Gasteiger partial charge in [-0.25, -0.2) is 9.97 Å². The van der Waals surface area contributed by atoms with Crippen LogP contribution in [0, 0.1) is 0 Å². The highest BCUT2D eigenvalue weighted by Gasteiger charge is 2.28. The maximum absolute atomic E-state index is 10.8. The number of rotatable bonds is 5. The third-order valence-electron chi connectivity index (χ3n) is 3.72. The van der Waals surface area contributed by atoms with Gasteiger partial charge in [0, 0.05) is 0 Å². The van der Waals surface area contributed by atoms with E-state index in [1.165, 1.54) is 6.33 Å². The van der Waals surface area contributed by atoms with Crippen LogP contribution in [-0.4, -0.2) is 35.5 Å². The van der Waals surface area contributed by atoms with E-state index in [0.717, 1.165) is 30.1 Å². The van der Waals surface area contributed by atoms with Gasteiger partial charge in [-0.2, -0.15) is 0 Å². The molecular formula is C16H18N4O2. The standard InChI is InChI=1S/C16H18N4O2/c1-12(19-11-21)13-2-4-15(5-3-13)22-16-8-20(9-16)14-6-17-10-18-7-14/h2-7,10-12,16H,8-9H2,1H3,(H,19,21)/i11T. The molecule has 0 bridgehead atoms. The van der Waals surface area contributed by atoms with Crippen molar-refractivity contribution in [3.8, 4) is 5.75 Å². The van der Waals surface area contributed by atoms with Crippen LogP contribution in [0.1, 0.15) is 19.9 Å². The lowest BCUT2D eigenvalue weighted by Crippen LogP contribution is -2.54. The Balaban J connectivity index is 1.51. The van der Waals surface area contributed by atoms with Gasteiger partial charge in [0.2, 0.25) is 6.39 Å². The molecule has 6 heteroatoms. The van der Waals surface area contributed by atoms with Crippen LogP contribution in [0.3, 0.4) is 0 Å². The number of anilines is 1. The second-order valence-corrected chi connectivity index (χ2v) is 5.28. The van der Waals surface area contributed by atoms with Crippen molar-refractivity contribution in [2.24, 2.45) is 0 Å². The highest BCUT2D eigenvalue weighted by molar-refractivity contribution is 5.48. The van der Waals surface area contributed by atoms with Crippen LogP contribution in [0.5, 0.6) is 5.75 Å². The Morgan fingerprint density at radius 2 is 2.05 bits per heavy atom. The Bertz CT molecular complexity index is 660. The predicted octanol–water partition coefficient (Wildman–Crippen LogP) is 1.55. The van der Waals surface area contributed by atoms with Crippen LogP contribution in [0.2, 0.25) is 0 Å². The quantitative estimate of drug-likeness (QED) is 0.849. The molecule has 6 nitrogen and oxygen atoms in total. The molecule has 1 N–H and O–H groups in total. The molecule has 22 heavy (non-hydrogen) atoms. The Kier molecular flexibility index (Phi) is 3.81. The van der Waals surface area contributed by atoms with E-state index < -0.39 is 6.39 Å². The zero-order valence-corrected chi connectivity index (χ0v) is 12.3. The fourth-order valence-corrected chi connectivity index (χ4v) is 2.38. The topological polar surface area (TPSA) is 67.3 Å². The van der Waals surface area contributed by atoms with E-state index in [2.05, 4.69) is 20.2 Å². The maximum atomic E-state index is 10.8. The molecule has 1 aliphatic heterocycles. The van der Waals surface area contributed by atoms with E-state index in [0.29, 0.717) is 0 Å². The molecule has 0 spiro atoms. The third-order valence-corrected chi connectivity index (χ3v) is 3.72. The van der Waals surface area contributed by atoms with Crippen molar-refractivity contribution >= 4 is 12.1 Å². The van der Waals surface area contributed by atoms with Crippen LogP contribution >= 0.6 is 0 Å². The normalized spacial score (nSPS) is 16.4. The van der Waals surface area contributed by atoms with Gasteiger partial charge in [-0.1, -0.05) is 12.1 Å². The second-order valence-electron chi connectivity index (χ2n) is 5.28. The summed E-state index contributed by atoms with van der Waals surface area (Å²) in [5.41, 5.74) is 1.94. The summed E-state index contributed by atoms with van der Waals surface area (Å²) in [6, 6.07) is 7.38. The minimum atomic E-state index is -0.780. The van der Waals surface area contributed by atoms with Gasteiger partial charge in [0.1, 0.15) is 19.6 Å². The van der Waals surface area contributed by atoms with Crippen molar-refractivity contribution in [3.63, 3.8) is 0 Å². The Hall–Kier alpha value is -2.63. The lowest BCUT2D eigenvalue weighted by atomic mass is 10.1. The van der Waals surface area contributed by atoms with E-state index in [-0.39, 0.29) is 12.1 Å². The summed E-state index contributed by atoms with van der Waals surface area (Å²) in [5, 5.41) is 2.53. The molecule has 0 aliphatic carbocycles. The number of nitrogens with one attached hydrogen (secondary N) is 1. The summed E-state index contributed by atoms with van der Waals surface area (Å²) in [6.07, 6.45) is 4.46. The Labute approximate surface area is 130 Å². The van der Waals surface area contributed by atoms with Crippen molar-refractivity contribution in [1.82, 2.24) is 15.3 Å². The van der Waals surface area contributed by atoms with Crippen LogP contribution < -0.4 is 15.0 Å². The molecule has 114 valence electrons. The van der Waals surface area contributed by atoms with Gasteiger partial charge in [0.25, 0.3) is 0 Å². The van der Waals surface area contributed by atoms with Crippen molar-refractivity contribution in [3.05, 3.63) is 48.5 Å². The summed E-state index contributed by atoms with van der Waals surface area (Å²) in [4.78, 5) is 20.9. The highest BCUT2D eigenvalue weighted by atomic mass is 16.5. The monoisotopic (exact) mass is 300 g/mol. The molecule has 2 aromatic rings. The number of benzene rings is 1. The van der Waals surface area contributed by atoms with Crippen LogP contribution in [-0.2, 0) is 4.79 Å². The lowest BCUT2D eigenvalue weighted by Gasteiger charge is -2.40. The first kappa shape index (κ1) is 13.1. The Morgan fingerprint density at radius 3 is 2.68 bits per heavy atom. The molecule has 3 rings (SSSR count). The number of hydrogen-bond donors (Lipinski definition) is 1. The third kappa shape index (κ3) is 3.16. The number of amides is 1. The smallest absolute Gasteiger partial charge is 0.207 e. The minimum absolute atomic E-state index is 0.145. The summed E-state index contributed by atoms with van der Waals surface area (Å²) in [7, 11) is 0. The molecule has 1 saturated heterocycles. The van der Waals surface area contributed by atoms with Crippen molar-refractivity contribution in [2.45, 2.75) is 19.1 Å². The lowest BCUT2D eigenvalue weighted by molar-refractivity contribution is -0.110. The first-order chi connectivity index (χ1) is 11.1. The highest BCUT2D eigenvalue weighted by Crippen LogP contribution is 2.24. The number of hydrogen-bond acceptors (Lipinski definition) is 5. The summed E-state index contributed by atoms with van der Waals surface area (Å²) < 4.78 is 12.8. The number of carbonyl (C=O) groups excluding carboxylic acids is 1. The van der Waals surface area contributed by atoms with Crippen LogP contribution in [0.4, 0.5) is 5.69 Å². The van der Waals surface area contributed by atoms with Crippen molar-refractivity contribution in [1.29, 1.82) is 0 Å². The molecule has 0 saturated carbocycles. The van der Waals surface area contributed by atoms with Gasteiger partial charge in [-0.3, -0.25) is 4.79 Å². The molecule has 0 radical (unpaired) electrons. The van der Waals surface area contributed by atoms with E-state index >= 15 is 0 Å². The average Bonchev–Trinajstić information content (AvgIpc) is 2.51. The number of ether oxygens (including phenoxy) is 1.